The van der Waals surface area contributed by atoms with Gasteiger partial charge in [-0.05, 0) is 43.2 Å². The van der Waals surface area contributed by atoms with Gasteiger partial charge in [0.15, 0.2) is 0 Å². The SMILES string of the molecule is CCN(C(C)c1cccc(OC)c1)S(=O)(=O)C=Cc1ccc(C)cc1. The molecule has 0 saturated carbocycles. The molecule has 0 heterocycles. The summed E-state index contributed by atoms with van der Waals surface area (Å²) in [6, 6.07) is 14.9. The number of hydrogen-bond acceptors (Lipinski definition) is 3. The molecule has 0 fully saturated rings. The molecule has 2 aromatic rings. The molecule has 1 unspecified atom stereocenters. The molecule has 0 bridgehead atoms. The highest BCUT2D eigenvalue weighted by Crippen LogP contribution is 2.26. The first-order valence-electron chi connectivity index (χ1n) is 8.28. The van der Waals surface area contributed by atoms with Gasteiger partial charge in [0.2, 0.25) is 10.0 Å². The van der Waals surface area contributed by atoms with E-state index < -0.39 is 10.0 Å². The zero-order chi connectivity index (χ0) is 18.4. The standard InChI is InChI=1S/C20H25NO3S/c1-5-21(17(3)19-7-6-8-20(15-19)24-4)25(22,23)14-13-18-11-9-16(2)10-12-18/h6-15,17H,5H2,1-4H3. The predicted molar refractivity (Wildman–Crippen MR) is 103 cm³/mol. The summed E-state index contributed by atoms with van der Waals surface area (Å²) < 4.78 is 32.3. The Hall–Kier alpha value is -2.11. The normalized spacial score (nSPS) is 13.3. The van der Waals surface area contributed by atoms with Crippen molar-refractivity contribution < 1.29 is 13.2 Å². The fourth-order valence-electron chi connectivity index (χ4n) is 2.66. The van der Waals surface area contributed by atoms with Crippen LogP contribution >= 0.6 is 0 Å². The first-order chi connectivity index (χ1) is 11.9. The van der Waals surface area contributed by atoms with Crippen molar-refractivity contribution in [2.75, 3.05) is 13.7 Å². The van der Waals surface area contributed by atoms with E-state index in [1.807, 2.05) is 69.3 Å². The van der Waals surface area contributed by atoms with Gasteiger partial charge in [0.25, 0.3) is 0 Å². The zero-order valence-electron chi connectivity index (χ0n) is 15.1. The third kappa shape index (κ3) is 4.94. The quantitative estimate of drug-likeness (QED) is 0.737. The Labute approximate surface area is 150 Å². The molecule has 0 aromatic heterocycles. The van der Waals surface area contributed by atoms with E-state index in [9.17, 15) is 8.42 Å². The molecule has 0 spiro atoms. The minimum absolute atomic E-state index is 0.284. The lowest BCUT2D eigenvalue weighted by atomic mass is 10.1. The molecule has 2 aromatic carbocycles. The lowest BCUT2D eigenvalue weighted by Crippen LogP contribution is -2.31. The number of ether oxygens (including phenoxy) is 1. The van der Waals surface area contributed by atoms with Gasteiger partial charge in [-0.3, -0.25) is 0 Å². The monoisotopic (exact) mass is 359 g/mol. The molecule has 5 heteroatoms. The van der Waals surface area contributed by atoms with Crippen molar-refractivity contribution in [2.24, 2.45) is 0 Å². The van der Waals surface area contributed by atoms with Gasteiger partial charge in [0.1, 0.15) is 5.75 Å². The molecular weight excluding hydrogens is 334 g/mol. The van der Waals surface area contributed by atoms with Crippen LogP contribution in [0, 0.1) is 6.92 Å². The minimum Gasteiger partial charge on any atom is -0.497 e. The summed E-state index contributed by atoms with van der Waals surface area (Å²) in [7, 11) is -1.94. The van der Waals surface area contributed by atoms with Crippen molar-refractivity contribution in [1.29, 1.82) is 0 Å². The van der Waals surface area contributed by atoms with Crippen LogP contribution in [0.2, 0.25) is 0 Å². The number of methoxy groups -OCH3 is 1. The maximum Gasteiger partial charge on any atom is 0.236 e. The fourth-order valence-corrected chi connectivity index (χ4v) is 4.07. The van der Waals surface area contributed by atoms with Crippen molar-refractivity contribution in [2.45, 2.75) is 26.8 Å². The summed E-state index contributed by atoms with van der Waals surface area (Å²) in [5.41, 5.74) is 2.90. The van der Waals surface area contributed by atoms with Gasteiger partial charge in [-0.15, -0.1) is 0 Å². The van der Waals surface area contributed by atoms with E-state index >= 15 is 0 Å². The van der Waals surface area contributed by atoms with Crippen LogP contribution in [0.3, 0.4) is 0 Å². The predicted octanol–water partition coefficient (Wildman–Crippen LogP) is 4.39. The molecule has 0 amide bonds. The molecule has 0 saturated heterocycles. The van der Waals surface area contributed by atoms with E-state index in [0.29, 0.717) is 12.3 Å². The highest BCUT2D eigenvalue weighted by molar-refractivity contribution is 7.92. The van der Waals surface area contributed by atoms with E-state index in [0.717, 1.165) is 16.7 Å². The molecule has 0 N–H and O–H groups in total. The second kappa shape index (κ2) is 8.32. The molecule has 0 aliphatic carbocycles. The molecular formula is C20H25NO3S. The summed E-state index contributed by atoms with van der Waals surface area (Å²) >= 11 is 0. The lowest BCUT2D eigenvalue weighted by molar-refractivity contribution is 0.359. The van der Waals surface area contributed by atoms with E-state index in [2.05, 4.69) is 0 Å². The number of sulfonamides is 1. The van der Waals surface area contributed by atoms with Gasteiger partial charge < -0.3 is 4.74 Å². The van der Waals surface area contributed by atoms with E-state index in [1.165, 1.54) is 9.71 Å². The van der Waals surface area contributed by atoms with Crippen molar-refractivity contribution in [3.63, 3.8) is 0 Å². The van der Waals surface area contributed by atoms with Gasteiger partial charge in [-0.1, -0.05) is 48.9 Å². The number of nitrogens with zero attached hydrogens (tertiary/aromatic N) is 1. The van der Waals surface area contributed by atoms with Gasteiger partial charge in [0.05, 0.1) is 7.11 Å². The highest BCUT2D eigenvalue weighted by atomic mass is 32.2. The number of hydrogen-bond donors (Lipinski definition) is 0. The first-order valence-corrected chi connectivity index (χ1v) is 9.78. The van der Waals surface area contributed by atoms with Gasteiger partial charge in [-0.25, -0.2) is 8.42 Å². The second-order valence-electron chi connectivity index (χ2n) is 5.91. The molecule has 0 aliphatic rings. The Bertz CT molecular complexity index is 826. The summed E-state index contributed by atoms with van der Waals surface area (Å²) in [4.78, 5) is 0. The Morgan fingerprint density at radius 2 is 1.84 bits per heavy atom. The van der Waals surface area contributed by atoms with Crippen molar-refractivity contribution in [3.05, 3.63) is 70.6 Å². The lowest BCUT2D eigenvalue weighted by Gasteiger charge is -2.26. The van der Waals surface area contributed by atoms with Crippen molar-refractivity contribution in [3.8, 4) is 5.75 Å². The van der Waals surface area contributed by atoms with Crippen molar-refractivity contribution >= 4 is 16.1 Å². The highest BCUT2D eigenvalue weighted by Gasteiger charge is 2.24. The molecule has 0 radical (unpaired) electrons. The molecule has 1 atom stereocenters. The van der Waals surface area contributed by atoms with Crippen LogP contribution in [0.25, 0.3) is 6.08 Å². The van der Waals surface area contributed by atoms with Crippen LogP contribution in [-0.2, 0) is 10.0 Å². The van der Waals surface area contributed by atoms with Crippen molar-refractivity contribution in [1.82, 2.24) is 4.31 Å². The Morgan fingerprint density at radius 1 is 1.16 bits per heavy atom. The van der Waals surface area contributed by atoms with Crippen LogP contribution in [-0.4, -0.2) is 26.4 Å². The molecule has 4 nitrogen and oxygen atoms in total. The van der Waals surface area contributed by atoms with Gasteiger partial charge in [-0.2, -0.15) is 4.31 Å². The molecule has 134 valence electrons. The fraction of sp³-hybridized carbons (Fsp3) is 0.300. The van der Waals surface area contributed by atoms with Crippen LogP contribution in [0.5, 0.6) is 5.75 Å². The van der Waals surface area contributed by atoms with Crippen LogP contribution in [0.4, 0.5) is 0 Å². The maximum atomic E-state index is 12.8. The zero-order valence-corrected chi connectivity index (χ0v) is 16.0. The molecule has 0 aliphatic heterocycles. The van der Waals surface area contributed by atoms with Gasteiger partial charge >= 0.3 is 0 Å². The third-order valence-corrected chi connectivity index (χ3v) is 5.86. The average molecular weight is 359 g/mol. The average Bonchev–Trinajstić information content (AvgIpc) is 2.61. The third-order valence-electron chi connectivity index (χ3n) is 4.16. The van der Waals surface area contributed by atoms with Gasteiger partial charge in [0, 0.05) is 18.0 Å². The second-order valence-corrected chi connectivity index (χ2v) is 7.69. The Kier molecular flexibility index (Phi) is 6.39. The molecule has 2 rings (SSSR count). The van der Waals surface area contributed by atoms with E-state index in [-0.39, 0.29) is 6.04 Å². The summed E-state index contributed by atoms with van der Waals surface area (Å²) in [6.07, 6.45) is 1.63. The molecule has 25 heavy (non-hydrogen) atoms. The Morgan fingerprint density at radius 3 is 2.44 bits per heavy atom. The minimum atomic E-state index is -3.54. The van der Waals surface area contributed by atoms with Crippen LogP contribution in [0.15, 0.2) is 53.9 Å². The van der Waals surface area contributed by atoms with E-state index in [1.54, 1.807) is 13.2 Å². The summed E-state index contributed by atoms with van der Waals surface area (Å²) in [5, 5.41) is 1.28. The smallest absolute Gasteiger partial charge is 0.236 e. The number of rotatable bonds is 7. The number of benzene rings is 2. The summed E-state index contributed by atoms with van der Waals surface area (Å²) in [6.45, 7) is 6.11. The van der Waals surface area contributed by atoms with Crippen LogP contribution in [0.1, 0.15) is 36.6 Å². The van der Waals surface area contributed by atoms with Crippen LogP contribution < -0.4 is 4.74 Å². The number of aryl methyl sites for hydroxylation is 1. The Balaban J connectivity index is 2.26. The largest absolute Gasteiger partial charge is 0.497 e. The first kappa shape index (κ1) is 19.2. The van der Waals surface area contributed by atoms with E-state index in [4.69, 9.17) is 4.74 Å². The maximum absolute atomic E-state index is 12.8. The summed E-state index contributed by atoms with van der Waals surface area (Å²) in [5.74, 6) is 0.716. The topological polar surface area (TPSA) is 46.6 Å².